The molecule has 0 aromatic carbocycles. The standard InChI is InChI=1S/C8H14S/c1-2-4-8(5-3-1)6-7-9-8/h1-7H2. The summed E-state index contributed by atoms with van der Waals surface area (Å²) in [4.78, 5) is 0. The van der Waals surface area contributed by atoms with Crippen LogP contribution in [0.25, 0.3) is 0 Å². The third-order valence-electron chi connectivity index (χ3n) is 2.73. The van der Waals surface area contributed by atoms with Crippen LogP contribution in [0.3, 0.4) is 0 Å². The normalized spacial score (nSPS) is 32.0. The Labute approximate surface area is 61.4 Å². The molecule has 1 heterocycles. The van der Waals surface area contributed by atoms with Crippen molar-refractivity contribution in [1.82, 2.24) is 0 Å². The van der Waals surface area contributed by atoms with Gasteiger partial charge in [-0.25, -0.2) is 0 Å². The number of hydrogen-bond acceptors (Lipinski definition) is 1. The van der Waals surface area contributed by atoms with Gasteiger partial charge in [0.1, 0.15) is 0 Å². The van der Waals surface area contributed by atoms with E-state index >= 15 is 0 Å². The Balaban J connectivity index is 1.93. The molecule has 0 amide bonds. The molecule has 52 valence electrons. The zero-order valence-corrected chi connectivity index (χ0v) is 6.67. The summed E-state index contributed by atoms with van der Waals surface area (Å²) in [6, 6.07) is 0. The van der Waals surface area contributed by atoms with Crippen LogP contribution in [0.5, 0.6) is 0 Å². The van der Waals surface area contributed by atoms with Crippen molar-refractivity contribution >= 4 is 11.8 Å². The average Bonchev–Trinajstić information content (AvgIpc) is 1.87. The summed E-state index contributed by atoms with van der Waals surface area (Å²) in [6.07, 6.45) is 9.09. The van der Waals surface area contributed by atoms with Crippen molar-refractivity contribution in [3.63, 3.8) is 0 Å². The van der Waals surface area contributed by atoms with E-state index in [-0.39, 0.29) is 0 Å². The van der Waals surface area contributed by atoms with Gasteiger partial charge in [0.2, 0.25) is 0 Å². The molecular formula is C8H14S. The molecule has 0 bridgehead atoms. The molecule has 0 radical (unpaired) electrons. The van der Waals surface area contributed by atoms with Gasteiger partial charge < -0.3 is 0 Å². The summed E-state index contributed by atoms with van der Waals surface area (Å²) in [6.45, 7) is 0. The fourth-order valence-electron chi connectivity index (χ4n) is 1.98. The maximum Gasteiger partial charge on any atom is 0.0168 e. The van der Waals surface area contributed by atoms with Gasteiger partial charge in [-0.2, -0.15) is 11.8 Å². The van der Waals surface area contributed by atoms with Crippen LogP contribution in [0.1, 0.15) is 38.5 Å². The summed E-state index contributed by atoms with van der Waals surface area (Å²) in [5, 5.41) is 0. The topological polar surface area (TPSA) is 0 Å². The number of rotatable bonds is 0. The van der Waals surface area contributed by atoms with Crippen LogP contribution in [0.4, 0.5) is 0 Å². The van der Waals surface area contributed by atoms with Gasteiger partial charge in [-0.1, -0.05) is 19.3 Å². The minimum Gasteiger partial charge on any atom is -0.155 e. The second-order valence-electron chi connectivity index (χ2n) is 3.34. The minimum atomic E-state index is 0.818. The predicted octanol–water partition coefficient (Wildman–Crippen LogP) is 2.83. The van der Waals surface area contributed by atoms with E-state index in [9.17, 15) is 0 Å². The maximum absolute atomic E-state index is 2.23. The third kappa shape index (κ3) is 1.000. The first-order valence-corrected chi connectivity index (χ1v) is 5.04. The predicted molar refractivity (Wildman–Crippen MR) is 42.9 cm³/mol. The zero-order valence-electron chi connectivity index (χ0n) is 5.86. The molecule has 2 fully saturated rings. The molecule has 0 atom stereocenters. The lowest BCUT2D eigenvalue weighted by atomic mass is 9.86. The monoisotopic (exact) mass is 142 g/mol. The highest BCUT2D eigenvalue weighted by Crippen LogP contribution is 2.50. The van der Waals surface area contributed by atoms with Crippen molar-refractivity contribution in [2.45, 2.75) is 43.3 Å². The Hall–Kier alpha value is 0.350. The molecule has 2 rings (SSSR count). The molecule has 9 heavy (non-hydrogen) atoms. The second kappa shape index (κ2) is 2.19. The first-order chi connectivity index (χ1) is 4.41. The first-order valence-electron chi connectivity index (χ1n) is 4.05. The zero-order chi connectivity index (χ0) is 6.16. The van der Waals surface area contributed by atoms with Gasteiger partial charge in [-0.05, 0) is 25.0 Å². The molecule has 1 saturated heterocycles. The molecule has 0 aromatic rings. The Morgan fingerprint density at radius 3 is 1.89 bits per heavy atom. The first kappa shape index (κ1) is 6.09. The Bertz CT molecular complexity index is 97.1. The van der Waals surface area contributed by atoms with Crippen molar-refractivity contribution in [1.29, 1.82) is 0 Å². The van der Waals surface area contributed by atoms with Gasteiger partial charge in [-0.3, -0.25) is 0 Å². The van der Waals surface area contributed by atoms with Crippen molar-refractivity contribution in [3.8, 4) is 0 Å². The Morgan fingerprint density at radius 1 is 0.889 bits per heavy atom. The van der Waals surface area contributed by atoms with Crippen LogP contribution >= 0.6 is 11.8 Å². The lowest BCUT2D eigenvalue weighted by Crippen LogP contribution is -2.36. The summed E-state index contributed by atoms with van der Waals surface area (Å²) in [5.74, 6) is 1.44. The lowest BCUT2D eigenvalue weighted by molar-refractivity contribution is 0.372. The fraction of sp³-hybridized carbons (Fsp3) is 1.00. The van der Waals surface area contributed by atoms with Crippen LogP contribution in [0.2, 0.25) is 0 Å². The molecule has 0 unspecified atom stereocenters. The summed E-state index contributed by atoms with van der Waals surface area (Å²) < 4.78 is 0.818. The van der Waals surface area contributed by atoms with E-state index in [0.29, 0.717) is 0 Å². The molecule has 1 aliphatic heterocycles. The highest BCUT2D eigenvalue weighted by atomic mass is 32.2. The second-order valence-corrected chi connectivity index (χ2v) is 4.91. The van der Waals surface area contributed by atoms with Crippen LogP contribution in [-0.2, 0) is 0 Å². The Kier molecular flexibility index (Phi) is 1.48. The molecular weight excluding hydrogens is 128 g/mol. The van der Waals surface area contributed by atoms with Gasteiger partial charge in [0.25, 0.3) is 0 Å². The minimum absolute atomic E-state index is 0.818. The quantitative estimate of drug-likeness (QED) is 0.501. The summed E-state index contributed by atoms with van der Waals surface area (Å²) >= 11 is 2.23. The molecule has 2 aliphatic rings. The van der Waals surface area contributed by atoms with Crippen LogP contribution in [0, 0.1) is 0 Å². The van der Waals surface area contributed by atoms with Gasteiger partial charge in [0, 0.05) is 4.75 Å². The van der Waals surface area contributed by atoms with E-state index in [2.05, 4.69) is 11.8 Å². The van der Waals surface area contributed by atoms with E-state index in [4.69, 9.17) is 0 Å². The number of hydrogen-bond donors (Lipinski definition) is 0. The van der Waals surface area contributed by atoms with Crippen LogP contribution in [0.15, 0.2) is 0 Å². The highest BCUT2D eigenvalue weighted by Gasteiger charge is 2.38. The molecule has 1 saturated carbocycles. The molecule has 1 heteroatoms. The maximum atomic E-state index is 2.23. The average molecular weight is 142 g/mol. The number of thioether (sulfide) groups is 1. The fourth-order valence-corrected chi connectivity index (χ4v) is 3.34. The van der Waals surface area contributed by atoms with Gasteiger partial charge in [0.15, 0.2) is 0 Å². The largest absolute Gasteiger partial charge is 0.155 e. The highest BCUT2D eigenvalue weighted by molar-refractivity contribution is 8.02. The molecule has 0 nitrogen and oxygen atoms in total. The van der Waals surface area contributed by atoms with Crippen LogP contribution in [-0.4, -0.2) is 10.5 Å². The van der Waals surface area contributed by atoms with Gasteiger partial charge >= 0.3 is 0 Å². The van der Waals surface area contributed by atoms with E-state index in [1.807, 2.05) is 0 Å². The van der Waals surface area contributed by atoms with E-state index in [1.165, 1.54) is 44.3 Å². The smallest absolute Gasteiger partial charge is 0.0168 e. The van der Waals surface area contributed by atoms with Crippen molar-refractivity contribution in [2.24, 2.45) is 0 Å². The van der Waals surface area contributed by atoms with Crippen LogP contribution < -0.4 is 0 Å². The summed E-state index contributed by atoms with van der Waals surface area (Å²) in [5.41, 5.74) is 0. The van der Waals surface area contributed by atoms with Gasteiger partial charge in [0.05, 0.1) is 0 Å². The van der Waals surface area contributed by atoms with Crippen molar-refractivity contribution in [3.05, 3.63) is 0 Å². The SMILES string of the molecule is C1CCC2(CC1)CCS2. The third-order valence-corrected chi connectivity index (χ3v) is 4.36. The van der Waals surface area contributed by atoms with E-state index < -0.39 is 0 Å². The van der Waals surface area contributed by atoms with Crippen molar-refractivity contribution in [2.75, 3.05) is 5.75 Å². The Morgan fingerprint density at radius 2 is 1.56 bits per heavy atom. The van der Waals surface area contributed by atoms with E-state index in [0.717, 1.165) is 4.75 Å². The molecule has 0 N–H and O–H groups in total. The molecule has 0 aromatic heterocycles. The van der Waals surface area contributed by atoms with Gasteiger partial charge in [-0.15, -0.1) is 0 Å². The van der Waals surface area contributed by atoms with Crippen molar-refractivity contribution < 1.29 is 0 Å². The summed E-state index contributed by atoms with van der Waals surface area (Å²) in [7, 11) is 0. The van der Waals surface area contributed by atoms with E-state index in [1.54, 1.807) is 0 Å². The molecule has 1 spiro atoms. The molecule has 1 aliphatic carbocycles. The lowest BCUT2D eigenvalue weighted by Gasteiger charge is -2.44.